The average molecular weight is 362 g/mol. The lowest BCUT2D eigenvalue weighted by atomic mass is 10.3. The van der Waals surface area contributed by atoms with Gasteiger partial charge in [0, 0.05) is 30.1 Å². The summed E-state index contributed by atoms with van der Waals surface area (Å²) in [7, 11) is -3.32. The molecule has 98 valence electrons. The molecule has 1 aromatic heterocycles. The molecule has 1 atom stereocenters. The molecule has 0 saturated carbocycles. The topological polar surface area (TPSA) is 49.4 Å². The number of hydrogen-bond acceptors (Lipinski definition) is 4. The fraction of sp³-hybridized carbons (Fsp3) is 0.556. The fourth-order valence-electron chi connectivity index (χ4n) is 1.70. The zero-order valence-corrected chi connectivity index (χ0v) is 13.3. The molecule has 2 rings (SSSR count). The first-order valence-corrected chi connectivity index (χ1v) is 8.09. The molecule has 0 bridgehead atoms. The van der Waals surface area contributed by atoms with E-state index in [0.29, 0.717) is 28.3 Å². The highest BCUT2D eigenvalue weighted by Gasteiger charge is 2.30. The van der Waals surface area contributed by atoms with E-state index < -0.39 is 10.0 Å². The van der Waals surface area contributed by atoms with Gasteiger partial charge in [-0.25, -0.2) is 8.42 Å². The summed E-state index contributed by atoms with van der Waals surface area (Å²) in [5.74, 6) is 0. The van der Waals surface area contributed by atoms with Crippen molar-refractivity contribution in [3.63, 3.8) is 0 Å². The second-order valence-electron chi connectivity index (χ2n) is 3.77. The number of piperazine rings is 1. The number of sulfonamides is 1. The van der Waals surface area contributed by atoms with Crippen LogP contribution >= 0.6 is 39.7 Å². The first-order valence-electron chi connectivity index (χ1n) is 4.98. The molecule has 17 heavy (non-hydrogen) atoms. The quantitative estimate of drug-likeness (QED) is 0.875. The number of hydrogen-bond donors (Lipinski definition) is 1. The number of rotatable bonds is 2. The van der Waals surface area contributed by atoms with Crippen LogP contribution in [0.15, 0.2) is 20.1 Å². The van der Waals surface area contributed by atoms with Crippen molar-refractivity contribution in [2.75, 3.05) is 19.6 Å². The monoisotopic (exact) mass is 360 g/mol. The minimum atomic E-state index is -3.32. The van der Waals surface area contributed by atoms with E-state index in [-0.39, 0.29) is 18.4 Å². The van der Waals surface area contributed by atoms with E-state index in [1.165, 1.54) is 11.3 Å². The van der Waals surface area contributed by atoms with Crippen molar-refractivity contribution in [2.24, 2.45) is 0 Å². The minimum Gasteiger partial charge on any atom is -0.312 e. The van der Waals surface area contributed by atoms with E-state index in [1.54, 1.807) is 15.8 Å². The Kier molecular flexibility index (Phi) is 5.42. The van der Waals surface area contributed by atoms with Crippen LogP contribution in [0.2, 0.25) is 0 Å². The van der Waals surface area contributed by atoms with Gasteiger partial charge in [0.05, 0.1) is 0 Å². The van der Waals surface area contributed by atoms with Gasteiger partial charge >= 0.3 is 0 Å². The maximum Gasteiger partial charge on any atom is 0.253 e. The van der Waals surface area contributed by atoms with Gasteiger partial charge in [-0.05, 0) is 34.3 Å². The van der Waals surface area contributed by atoms with Gasteiger partial charge in [0.1, 0.15) is 4.21 Å². The Morgan fingerprint density at radius 2 is 2.29 bits per heavy atom. The maximum atomic E-state index is 12.3. The van der Waals surface area contributed by atoms with Crippen molar-refractivity contribution in [1.82, 2.24) is 9.62 Å². The summed E-state index contributed by atoms with van der Waals surface area (Å²) in [6.07, 6.45) is 0. The zero-order chi connectivity index (χ0) is 11.8. The standard InChI is InChI=1S/C9H13BrN2O2S2.ClH/c1-7-6-12(4-3-11-7)16(13,14)9-8(10)2-5-15-9;/h2,5,7,11H,3-4,6H2,1H3;1H. The molecule has 2 heterocycles. The summed E-state index contributed by atoms with van der Waals surface area (Å²) >= 11 is 4.53. The van der Waals surface area contributed by atoms with Crippen LogP contribution in [-0.2, 0) is 10.0 Å². The predicted molar refractivity (Wildman–Crippen MR) is 75.5 cm³/mol. The summed E-state index contributed by atoms with van der Waals surface area (Å²) in [6.45, 7) is 3.78. The van der Waals surface area contributed by atoms with Crippen LogP contribution in [0.25, 0.3) is 0 Å². The zero-order valence-electron chi connectivity index (χ0n) is 9.22. The summed E-state index contributed by atoms with van der Waals surface area (Å²) in [4.78, 5) is 0. The molecule has 1 fully saturated rings. The molecule has 0 aromatic carbocycles. The smallest absolute Gasteiger partial charge is 0.253 e. The summed E-state index contributed by atoms with van der Waals surface area (Å²) in [5, 5.41) is 5.01. The van der Waals surface area contributed by atoms with Crippen LogP contribution < -0.4 is 5.32 Å². The lowest BCUT2D eigenvalue weighted by molar-refractivity contribution is 0.310. The number of nitrogens with one attached hydrogen (secondary N) is 1. The molecule has 4 nitrogen and oxygen atoms in total. The first kappa shape index (κ1) is 15.4. The van der Waals surface area contributed by atoms with Crippen LogP contribution in [0.4, 0.5) is 0 Å². The van der Waals surface area contributed by atoms with Crippen molar-refractivity contribution in [3.8, 4) is 0 Å². The Morgan fingerprint density at radius 1 is 1.59 bits per heavy atom. The van der Waals surface area contributed by atoms with E-state index in [0.717, 1.165) is 0 Å². The van der Waals surface area contributed by atoms with Gasteiger partial charge in [0.15, 0.2) is 0 Å². The molecule has 1 saturated heterocycles. The SMILES string of the molecule is CC1CN(S(=O)(=O)c2sccc2Br)CCN1.Cl. The third-order valence-electron chi connectivity index (χ3n) is 2.49. The second kappa shape index (κ2) is 5.99. The Bertz CT molecular complexity index is 477. The van der Waals surface area contributed by atoms with Crippen LogP contribution in [0.3, 0.4) is 0 Å². The summed E-state index contributed by atoms with van der Waals surface area (Å²) in [6, 6.07) is 1.98. The van der Waals surface area contributed by atoms with E-state index in [9.17, 15) is 8.42 Å². The molecule has 1 aliphatic rings. The van der Waals surface area contributed by atoms with Gasteiger partial charge in [-0.1, -0.05) is 0 Å². The number of thiophene rings is 1. The predicted octanol–water partition coefficient (Wildman–Crippen LogP) is 1.91. The normalized spacial score (nSPS) is 22.1. The van der Waals surface area contributed by atoms with Crippen LogP contribution in [0, 0.1) is 0 Å². The van der Waals surface area contributed by atoms with Gasteiger partial charge in [-0.3, -0.25) is 0 Å². The van der Waals surface area contributed by atoms with Crippen molar-refractivity contribution in [3.05, 3.63) is 15.9 Å². The Balaban J connectivity index is 0.00000144. The van der Waals surface area contributed by atoms with Gasteiger partial charge < -0.3 is 5.32 Å². The molecule has 0 aliphatic carbocycles. The molecular weight excluding hydrogens is 348 g/mol. The lowest BCUT2D eigenvalue weighted by Gasteiger charge is -2.30. The summed E-state index contributed by atoms with van der Waals surface area (Å²) < 4.78 is 27.2. The highest BCUT2D eigenvalue weighted by molar-refractivity contribution is 9.10. The van der Waals surface area contributed by atoms with Gasteiger partial charge in [-0.2, -0.15) is 4.31 Å². The summed E-state index contributed by atoms with van der Waals surface area (Å²) in [5.41, 5.74) is 0. The highest BCUT2D eigenvalue weighted by Crippen LogP contribution is 2.30. The fourth-order valence-corrected chi connectivity index (χ4v) is 5.68. The average Bonchev–Trinajstić information content (AvgIpc) is 2.65. The van der Waals surface area contributed by atoms with Crippen LogP contribution in [-0.4, -0.2) is 38.4 Å². The van der Waals surface area contributed by atoms with E-state index in [2.05, 4.69) is 21.2 Å². The molecule has 0 amide bonds. The molecule has 1 aromatic rings. The molecule has 1 N–H and O–H groups in total. The molecule has 0 spiro atoms. The maximum absolute atomic E-state index is 12.3. The molecular formula is C9H14BrClN2O2S2. The van der Waals surface area contributed by atoms with Crippen molar-refractivity contribution >= 4 is 49.7 Å². The highest BCUT2D eigenvalue weighted by atomic mass is 79.9. The largest absolute Gasteiger partial charge is 0.312 e. The van der Waals surface area contributed by atoms with Crippen molar-refractivity contribution in [1.29, 1.82) is 0 Å². The third-order valence-corrected chi connectivity index (χ3v) is 7.00. The Morgan fingerprint density at radius 3 is 2.82 bits per heavy atom. The first-order chi connectivity index (χ1) is 7.51. The van der Waals surface area contributed by atoms with E-state index in [4.69, 9.17) is 0 Å². The third kappa shape index (κ3) is 3.21. The lowest BCUT2D eigenvalue weighted by Crippen LogP contribution is -2.51. The van der Waals surface area contributed by atoms with Gasteiger partial charge in [0.25, 0.3) is 10.0 Å². The van der Waals surface area contributed by atoms with Gasteiger partial charge in [-0.15, -0.1) is 23.7 Å². The minimum absolute atomic E-state index is 0. The van der Waals surface area contributed by atoms with Crippen molar-refractivity contribution in [2.45, 2.75) is 17.2 Å². The molecule has 8 heteroatoms. The van der Waals surface area contributed by atoms with Crippen LogP contribution in [0.5, 0.6) is 0 Å². The molecule has 1 aliphatic heterocycles. The van der Waals surface area contributed by atoms with E-state index in [1.807, 2.05) is 6.92 Å². The van der Waals surface area contributed by atoms with Crippen LogP contribution in [0.1, 0.15) is 6.92 Å². The van der Waals surface area contributed by atoms with Crippen molar-refractivity contribution < 1.29 is 8.42 Å². The molecule has 0 radical (unpaired) electrons. The second-order valence-corrected chi connectivity index (χ2v) is 7.68. The Hall–Kier alpha value is 0.340. The Labute approximate surface area is 120 Å². The number of nitrogens with zero attached hydrogens (tertiary/aromatic N) is 1. The van der Waals surface area contributed by atoms with Gasteiger partial charge in [0.2, 0.25) is 0 Å². The molecule has 1 unspecified atom stereocenters. The number of halogens is 2. The van der Waals surface area contributed by atoms with E-state index >= 15 is 0 Å².